The number of hydrogen-bond acceptors (Lipinski definition) is 4. The molecule has 0 saturated carbocycles. The lowest BCUT2D eigenvalue weighted by atomic mass is 10.1. The minimum absolute atomic E-state index is 0. The van der Waals surface area contributed by atoms with Crippen molar-refractivity contribution in [2.24, 2.45) is 0 Å². The summed E-state index contributed by atoms with van der Waals surface area (Å²) in [5.74, 6) is 0.736. The largest absolute Gasteiger partial charge is 1.00 e. The average Bonchev–Trinajstić information content (AvgIpc) is 2.71. The van der Waals surface area contributed by atoms with Crippen LogP contribution in [0.1, 0.15) is 5.56 Å². The summed E-state index contributed by atoms with van der Waals surface area (Å²) >= 11 is 0. The summed E-state index contributed by atoms with van der Waals surface area (Å²) in [6.07, 6.45) is 0. The number of benzene rings is 1. The van der Waals surface area contributed by atoms with Gasteiger partial charge in [-0.05, 0) is 24.3 Å². The smallest absolute Gasteiger partial charge is 0.462 e. The molecule has 0 aliphatic heterocycles. The zero-order chi connectivity index (χ0) is 9.10. The van der Waals surface area contributed by atoms with Gasteiger partial charge in [-0.1, -0.05) is 0 Å². The maximum Gasteiger partial charge on any atom is 0.462 e. The summed E-state index contributed by atoms with van der Waals surface area (Å²) < 4.78 is 8.22. The lowest BCUT2D eigenvalue weighted by molar-refractivity contribution is -0.00000284. The van der Waals surface area contributed by atoms with Crippen molar-refractivity contribution in [3.8, 4) is 17.5 Å². The van der Waals surface area contributed by atoms with Gasteiger partial charge in [0.05, 0.1) is 16.0 Å². The molecule has 14 heavy (non-hydrogen) atoms. The van der Waals surface area contributed by atoms with E-state index < -0.39 is 0 Å². The van der Waals surface area contributed by atoms with Crippen LogP contribution in [0.3, 0.4) is 0 Å². The zero-order valence-electron chi connectivity index (χ0n) is 6.85. The molecule has 3 nitrogen and oxygen atoms in total. The zero-order valence-corrected chi connectivity index (χ0v) is 9.23. The standard InChI is InChI=1S/C8H4N3S2.ClH/c9-5-6-1-3-7(4-2-6)8-10-12-13-11-8;/h1-4H;1H/q+1;/p-1. The molecule has 0 amide bonds. The van der Waals surface area contributed by atoms with Crippen molar-refractivity contribution in [3.63, 3.8) is 0 Å². The van der Waals surface area contributed by atoms with E-state index >= 15 is 0 Å². The Morgan fingerprint density at radius 3 is 2.50 bits per heavy atom. The molecule has 1 aromatic carbocycles. The van der Waals surface area contributed by atoms with Crippen molar-refractivity contribution in [1.82, 2.24) is 8.75 Å². The first-order valence-corrected chi connectivity index (χ1v) is 5.59. The van der Waals surface area contributed by atoms with Gasteiger partial charge < -0.3 is 12.4 Å². The first-order valence-electron chi connectivity index (χ1n) is 3.52. The van der Waals surface area contributed by atoms with Crippen LogP contribution >= 0.6 is 21.1 Å². The minimum Gasteiger partial charge on any atom is -1.00 e. The predicted molar refractivity (Wildman–Crippen MR) is 52.3 cm³/mol. The summed E-state index contributed by atoms with van der Waals surface area (Å²) in [5.41, 5.74) is 1.61. The highest BCUT2D eigenvalue weighted by Crippen LogP contribution is 2.17. The van der Waals surface area contributed by atoms with Gasteiger partial charge in [-0.15, -0.1) is 4.37 Å². The average molecular weight is 242 g/mol. The number of rotatable bonds is 1. The van der Waals surface area contributed by atoms with Gasteiger partial charge in [0.15, 0.2) is 0 Å². The molecule has 70 valence electrons. The van der Waals surface area contributed by atoms with Gasteiger partial charge in [-0.25, -0.2) is 0 Å². The molecule has 0 atom stereocenters. The van der Waals surface area contributed by atoms with Gasteiger partial charge in [0.25, 0.3) is 0 Å². The molecule has 1 heterocycles. The minimum atomic E-state index is 0. The second-order valence-corrected chi connectivity index (χ2v) is 3.90. The van der Waals surface area contributed by atoms with Crippen molar-refractivity contribution in [2.45, 2.75) is 0 Å². The molecule has 6 heteroatoms. The molecule has 0 N–H and O–H groups in total. The van der Waals surface area contributed by atoms with Gasteiger partial charge in [-0.2, -0.15) is 5.26 Å². The fourth-order valence-corrected chi connectivity index (χ4v) is 2.10. The molecule has 0 aliphatic carbocycles. The van der Waals surface area contributed by atoms with E-state index in [1.54, 1.807) is 12.1 Å². The Balaban J connectivity index is 0.000000980. The van der Waals surface area contributed by atoms with Crippen LogP contribution in [0, 0.1) is 11.3 Å². The molecule has 2 aromatic rings. The Kier molecular flexibility index (Phi) is 3.89. The van der Waals surface area contributed by atoms with Gasteiger partial charge in [-0.3, -0.25) is 0 Å². The fourth-order valence-electron chi connectivity index (χ4n) is 0.920. The lowest BCUT2D eigenvalue weighted by Crippen LogP contribution is -3.00. The SMILES string of the molecule is N#Cc1ccc(-c2ns[s+]n2)cc1.[Cl-]. The van der Waals surface area contributed by atoms with E-state index in [4.69, 9.17) is 5.26 Å². The maximum absolute atomic E-state index is 8.58. The van der Waals surface area contributed by atoms with Crippen LogP contribution in [0.2, 0.25) is 0 Å². The second kappa shape index (κ2) is 4.96. The number of halogens is 1. The van der Waals surface area contributed by atoms with Crippen LogP contribution < -0.4 is 12.4 Å². The number of hydrogen-bond donors (Lipinski definition) is 0. The molecule has 0 spiro atoms. The molecular weight excluding hydrogens is 238 g/mol. The van der Waals surface area contributed by atoms with E-state index in [1.807, 2.05) is 12.1 Å². The third-order valence-electron chi connectivity index (χ3n) is 1.55. The van der Waals surface area contributed by atoms with E-state index in [0.717, 1.165) is 11.4 Å². The monoisotopic (exact) mass is 241 g/mol. The molecule has 0 radical (unpaired) electrons. The summed E-state index contributed by atoms with van der Waals surface area (Å²) in [6, 6.07) is 9.30. The highest BCUT2D eigenvalue weighted by atomic mass is 35.5. The molecule has 0 unspecified atom stereocenters. The van der Waals surface area contributed by atoms with Crippen LogP contribution in [0.25, 0.3) is 11.4 Å². The first-order chi connectivity index (χ1) is 6.40. The Bertz CT molecular complexity index is 433. The van der Waals surface area contributed by atoms with E-state index in [9.17, 15) is 0 Å². The van der Waals surface area contributed by atoms with Crippen molar-refractivity contribution < 1.29 is 12.4 Å². The molecule has 0 saturated heterocycles. The Hall–Kier alpha value is -1.09. The van der Waals surface area contributed by atoms with Crippen molar-refractivity contribution >= 4 is 21.1 Å². The Morgan fingerprint density at radius 1 is 1.29 bits per heavy atom. The van der Waals surface area contributed by atoms with Crippen LogP contribution in [0.15, 0.2) is 24.3 Å². The third-order valence-corrected chi connectivity index (χ3v) is 2.76. The molecule has 0 aliphatic rings. The van der Waals surface area contributed by atoms with E-state index in [1.165, 1.54) is 21.1 Å². The summed E-state index contributed by atoms with van der Waals surface area (Å²) in [7, 11) is 2.72. The molecule has 1 aromatic heterocycles. The maximum atomic E-state index is 8.58. The highest BCUT2D eigenvalue weighted by Gasteiger charge is 2.08. The lowest BCUT2D eigenvalue weighted by Gasteiger charge is -1.90. The quantitative estimate of drug-likeness (QED) is 0.496. The van der Waals surface area contributed by atoms with Crippen molar-refractivity contribution in [2.75, 3.05) is 0 Å². The molecule has 0 bridgehead atoms. The van der Waals surface area contributed by atoms with E-state index in [2.05, 4.69) is 14.8 Å². The van der Waals surface area contributed by atoms with E-state index in [-0.39, 0.29) is 12.4 Å². The highest BCUT2D eigenvalue weighted by molar-refractivity contribution is 7.64. The molecule has 2 rings (SSSR count). The number of nitrogens with zero attached hydrogens (tertiary/aromatic N) is 3. The van der Waals surface area contributed by atoms with Crippen LogP contribution in [0.4, 0.5) is 0 Å². The number of aromatic nitrogens is 2. The van der Waals surface area contributed by atoms with Crippen LogP contribution in [0.5, 0.6) is 0 Å². The van der Waals surface area contributed by atoms with Crippen molar-refractivity contribution in [3.05, 3.63) is 29.8 Å². The summed E-state index contributed by atoms with van der Waals surface area (Å²) in [4.78, 5) is 0. The Morgan fingerprint density at radius 2 is 2.00 bits per heavy atom. The van der Waals surface area contributed by atoms with E-state index in [0.29, 0.717) is 5.56 Å². The Labute approximate surface area is 94.8 Å². The number of nitriles is 1. The predicted octanol–water partition coefficient (Wildman–Crippen LogP) is -0.577. The second-order valence-electron chi connectivity index (χ2n) is 2.34. The van der Waals surface area contributed by atoms with Crippen LogP contribution in [-0.2, 0) is 0 Å². The molecular formula is C8H4ClN3S2. The third kappa shape index (κ3) is 2.23. The normalized spacial score (nSPS) is 8.79. The fraction of sp³-hybridized carbons (Fsp3) is 0. The van der Waals surface area contributed by atoms with Crippen molar-refractivity contribution in [1.29, 1.82) is 5.26 Å². The van der Waals surface area contributed by atoms with Gasteiger partial charge in [0.1, 0.15) is 0 Å². The first kappa shape index (κ1) is 11.0. The van der Waals surface area contributed by atoms with Gasteiger partial charge >= 0.3 is 21.1 Å². The van der Waals surface area contributed by atoms with Gasteiger partial charge in [0, 0.05) is 5.56 Å². The van der Waals surface area contributed by atoms with Crippen LogP contribution in [-0.4, -0.2) is 8.75 Å². The summed E-state index contributed by atoms with van der Waals surface area (Å²) in [5, 5.41) is 8.58. The molecule has 0 fully saturated rings. The van der Waals surface area contributed by atoms with Gasteiger partial charge in [0.2, 0.25) is 5.82 Å². The summed E-state index contributed by atoms with van der Waals surface area (Å²) in [6.45, 7) is 0. The topological polar surface area (TPSA) is 49.6 Å².